The Morgan fingerprint density at radius 2 is 2.29 bits per heavy atom. The summed E-state index contributed by atoms with van der Waals surface area (Å²) < 4.78 is 5.78. The van der Waals surface area contributed by atoms with Crippen LogP contribution in [0.4, 0.5) is 0 Å². The lowest BCUT2D eigenvalue weighted by Gasteiger charge is -2.32. The molecule has 0 bridgehead atoms. The second kappa shape index (κ2) is 4.18. The first-order chi connectivity index (χ1) is 6.85. The number of hydrogen-bond donors (Lipinski definition) is 1. The smallest absolute Gasteiger partial charge is 0.121 e. The first-order valence-electron chi connectivity index (χ1n) is 5.61. The lowest BCUT2D eigenvalue weighted by atomic mass is 9.79. The van der Waals surface area contributed by atoms with Crippen molar-refractivity contribution >= 4 is 0 Å². The number of hydrogen-bond acceptors (Lipinski definition) is 2. The van der Waals surface area contributed by atoms with Gasteiger partial charge in [0.05, 0.1) is 6.04 Å². The van der Waals surface area contributed by atoms with Gasteiger partial charge < -0.3 is 9.73 Å². The van der Waals surface area contributed by atoms with Crippen LogP contribution in [-0.2, 0) is 6.42 Å². The molecule has 2 nitrogen and oxygen atoms in total. The summed E-state index contributed by atoms with van der Waals surface area (Å²) >= 11 is 0. The van der Waals surface area contributed by atoms with Crippen molar-refractivity contribution in [3.8, 4) is 0 Å². The van der Waals surface area contributed by atoms with Crippen LogP contribution in [-0.4, -0.2) is 7.05 Å². The van der Waals surface area contributed by atoms with Crippen LogP contribution >= 0.6 is 0 Å². The highest BCUT2D eigenvalue weighted by Gasteiger charge is 2.29. The van der Waals surface area contributed by atoms with Crippen molar-refractivity contribution in [2.45, 2.75) is 38.6 Å². The van der Waals surface area contributed by atoms with Crippen LogP contribution in [0.15, 0.2) is 16.5 Å². The van der Waals surface area contributed by atoms with Crippen molar-refractivity contribution in [1.29, 1.82) is 0 Å². The average Bonchev–Trinajstić information content (AvgIpc) is 2.58. The third-order valence-electron chi connectivity index (χ3n) is 3.27. The second-order valence-electron chi connectivity index (χ2n) is 4.11. The first-order valence-corrected chi connectivity index (χ1v) is 5.61. The van der Waals surface area contributed by atoms with Gasteiger partial charge in [0.25, 0.3) is 0 Å². The fraction of sp³-hybridized carbons (Fsp3) is 0.667. The SMILES string of the molecule is CCc1ccc(C(NC)C2CCC2)o1. The maximum atomic E-state index is 5.78. The van der Waals surface area contributed by atoms with E-state index in [9.17, 15) is 0 Å². The van der Waals surface area contributed by atoms with Crippen molar-refractivity contribution in [1.82, 2.24) is 5.32 Å². The van der Waals surface area contributed by atoms with Gasteiger partial charge in [0.15, 0.2) is 0 Å². The highest BCUT2D eigenvalue weighted by atomic mass is 16.3. The molecular weight excluding hydrogens is 174 g/mol. The summed E-state index contributed by atoms with van der Waals surface area (Å²) in [4.78, 5) is 0. The van der Waals surface area contributed by atoms with Gasteiger partial charge in [-0.1, -0.05) is 13.3 Å². The van der Waals surface area contributed by atoms with E-state index in [0.717, 1.165) is 23.9 Å². The van der Waals surface area contributed by atoms with Gasteiger partial charge in [0, 0.05) is 6.42 Å². The molecule has 1 aliphatic rings. The fourth-order valence-corrected chi connectivity index (χ4v) is 2.14. The van der Waals surface area contributed by atoms with E-state index >= 15 is 0 Å². The molecule has 1 fully saturated rings. The Morgan fingerprint density at radius 3 is 2.71 bits per heavy atom. The first kappa shape index (κ1) is 9.78. The Bertz CT molecular complexity index is 288. The minimum Gasteiger partial charge on any atom is -0.464 e. The third-order valence-corrected chi connectivity index (χ3v) is 3.27. The number of nitrogens with one attached hydrogen (secondary N) is 1. The number of aryl methyl sites for hydroxylation is 1. The van der Waals surface area contributed by atoms with Gasteiger partial charge in [-0.3, -0.25) is 0 Å². The highest BCUT2D eigenvalue weighted by Crippen LogP contribution is 2.37. The Kier molecular flexibility index (Phi) is 2.92. The fourth-order valence-electron chi connectivity index (χ4n) is 2.14. The minimum atomic E-state index is 0.434. The molecule has 0 aromatic carbocycles. The molecule has 1 aliphatic carbocycles. The molecule has 1 unspecified atom stereocenters. The van der Waals surface area contributed by atoms with Crippen molar-refractivity contribution in [2.24, 2.45) is 5.92 Å². The summed E-state index contributed by atoms with van der Waals surface area (Å²) in [5.74, 6) is 3.00. The molecule has 0 amide bonds. The van der Waals surface area contributed by atoms with Gasteiger partial charge in [-0.25, -0.2) is 0 Å². The van der Waals surface area contributed by atoms with E-state index in [1.807, 2.05) is 7.05 Å². The van der Waals surface area contributed by atoms with Crippen LogP contribution in [0, 0.1) is 5.92 Å². The van der Waals surface area contributed by atoms with E-state index in [1.54, 1.807) is 0 Å². The maximum Gasteiger partial charge on any atom is 0.121 e. The molecule has 1 aromatic heterocycles. The Hall–Kier alpha value is -0.760. The quantitative estimate of drug-likeness (QED) is 0.795. The molecule has 1 N–H and O–H groups in total. The van der Waals surface area contributed by atoms with Crippen molar-refractivity contribution < 1.29 is 4.42 Å². The molecule has 1 saturated carbocycles. The standard InChI is InChI=1S/C12H19NO/c1-3-10-7-8-11(14-10)12(13-2)9-5-4-6-9/h7-9,12-13H,3-6H2,1-2H3. The van der Waals surface area contributed by atoms with Gasteiger partial charge in [-0.2, -0.15) is 0 Å². The van der Waals surface area contributed by atoms with Crippen LogP contribution in [0.1, 0.15) is 43.7 Å². The second-order valence-corrected chi connectivity index (χ2v) is 4.11. The summed E-state index contributed by atoms with van der Waals surface area (Å²) in [6.45, 7) is 2.13. The Morgan fingerprint density at radius 1 is 1.50 bits per heavy atom. The molecular formula is C12H19NO. The van der Waals surface area contributed by atoms with Crippen molar-refractivity contribution in [2.75, 3.05) is 7.05 Å². The molecule has 2 heteroatoms. The predicted octanol–water partition coefficient (Wildman–Crippen LogP) is 2.90. The van der Waals surface area contributed by atoms with E-state index in [1.165, 1.54) is 19.3 Å². The van der Waals surface area contributed by atoms with Gasteiger partial charge in [-0.15, -0.1) is 0 Å². The topological polar surface area (TPSA) is 25.2 Å². The zero-order chi connectivity index (χ0) is 9.97. The molecule has 2 rings (SSSR count). The predicted molar refractivity (Wildman–Crippen MR) is 57.2 cm³/mol. The highest BCUT2D eigenvalue weighted by molar-refractivity contribution is 5.12. The normalized spacial score (nSPS) is 19.3. The summed E-state index contributed by atoms with van der Waals surface area (Å²) in [7, 11) is 2.02. The van der Waals surface area contributed by atoms with Gasteiger partial charge in [-0.05, 0) is 37.9 Å². The van der Waals surface area contributed by atoms with E-state index in [4.69, 9.17) is 4.42 Å². The van der Waals surface area contributed by atoms with E-state index < -0.39 is 0 Å². The van der Waals surface area contributed by atoms with Gasteiger partial charge >= 0.3 is 0 Å². The average molecular weight is 193 g/mol. The zero-order valence-corrected chi connectivity index (χ0v) is 9.05. The largest absolute Gasteiger partial charge is 0.464 e. The number of furan rings is 1. The summed E-state index contributed by atoms with van der Waals surface area (Å²) in [6, 6.07) is 4.65. The van der Waals surface area contributed by atoms with Crippen LogP contribution in [0.25, 0.3) is 0 Å². The number of rotatable bonds is 4. The van der Waals surface area contributed by atoms with Gasteiger partial charge in [0.2, 0.25) is 0 Å². The summed E-state index contributed by atoms with van der Waals surface area (Å²) in [6.07, 6.45) is 5.05. The molecule has 78 valence electrons. The maximum absolute atomic E-state index is 5.78. The van der Waals surface area contributed by atoms with E-state index in [2.05, 4.69) is 24.4 Å². The molecule has 0 spiro atoms. The van der Waals surface area contributed by atoms with Crippen LogP contribution in [0.5, 0.6) is 0 Å². The minimum absolute atomic E-state index is 0.434. The van der Waals surface area contributed by atoms with Crippen LogP contribution in [0.3, 0.4) is 0 Å². The Labute approximate surface area is 85.7 Å². The molecule has 0 aliphatic heterocycles. The third kappa shape index (κ3) is 1.71. The zero-order valence-electron chi connectivity index (χ0n) is 9.05. The van der Waals surface area contributed by atoms with Crippen molar-refractivity contribution in [3.05, 3.63) is 23.7 Å². The molecule has 1 heterocycles. The molecule has 0 saturated heterocycles. The summed E-state index contributed by atoms with van der Waals surface area (Å²) in [5, 5.41) is 3.36. The molecule has 1 atom stereocenters. The molecule has 0 radical (unpaired) electrons. The monoisotopic (exact) mass is 193 g/mol. The van der Waals surface area contributed by atoms with E-state index in [-0.39, 0.29) is 0 Å². The van der Waals surface area contributed by atoms with Gasteiger partial charge in [0.1, 0.15) is 11.5 Å². The molecule has 14 heavy (non-hydrogen) atoms. The van der Waals surface area contributed by atoms with Crippen LogP contribution < -0.4 is 5.32 Å². The van der Waals surface area contributed by atoms with Crippen LogP contribution in [0.2, 0.25) is 0 Å². The molecule has 1 aromatic rings. The lowest BCUT2D eigenvalue weighted by Crippen LogP contribution is -2.29. The summed E-state index contributed by atoms with van der Waals surface area (Å²) in [5.41, 5.74) is 0. The Balaban J connectivity index is 2.09. The lowest BCUT2D eigenvalue weighted by molar-refractivity contribution is 0.214. The van der Waals surface area contributed by atoms with E-state index in [0.29, 0.717) is 6.04 Å². The van der Waals surface area contributed by atoms with Crippen molar-refractivity contribution in [3.63, 3.8) is 0 Å².